The molecule has 2 atom stereocenters. The molecule has 0 aliphatic carbocycles. The van der Waals surface area contributed by atoms with Crippen LogP contribution in [0.2, 0.25) is 0 Å². The Hall–Kier alpha value is -0.820. The van der Waals surface area contributed by atoms with Crippen molar-refractivity contribution in [1.82, 2.24) is 0 Å². The highest BCUT2D eigenvalue weighted by molar-refractivity contribution is 5.21. The van der Waals surface area contributed by atoms with Crippen LogP contribution in [0.4, 0.5) is 0 Å². The van der Waals surface area contributed by atoms with Gasteiger partial charge < -0.3 is 5.11 Å². The lowest BCUT2D eigenvalue weighted by Crippen LogP contribution is -2.22. The van der Waals surface area contributed by atoms with Gasteiger partial charge in [0.25, 0.3) is 0 Å². The van der Waals surface area contributed by atoms with Gasteiger partial charge in [0.2, 0.25) is 0 Å². The molecule has 0 fully saturated rings. The smallest absolute Gasteiger partial charge is 0.0605 e. The van der Waals surface area contributed by atoms with Crippen LogP contribution in [0.3, 0.4) is 0 Å². The van der Waals surface area contributed by atoms with Gasteiger partial charge in [-0.3, -0.25) is 0 Å². The van der Waals surface area contributed by atoms with Gasteiger partial charge in [0.15, 0.2) is 0 Å². The molecule has 0 aromatic heterocycles. The highest BCUT2D eigenvalue weighted by atomic mass is 16.3. The maximum absolute atomic E-state index is 10.0. The van der Waals surface area contributed by atoms with Crippen molar-refractivity contribution < 1.29 is 5.11 Å². The summed E-state index contributed by atoms with van der Waals surface area (Å²) in [6.07, 6.45) is 8.38. The summed E-state index contributed by atoms with van der Waals surface area (Å²) >= 11 is 0. The lowest BCUT2D eigenvalue weighted by Gasteiger charge is -2.25. The Morgan fingerprint density at radius 3 is 2.38 bits per heavy atom. The van der Waals surface area contributed by atoms with E-state index < -0.39 is 0 Å². The first-order valence-corrected chi connectivity index (χ1v) is 5.92. The van der Waals surface area contributed by atoms with Gasteiger partial charge in [-0.15, -0.1) is 0 Å². The maximum Gasteiger partial charge on any atom is 0.0605 e. The Morgan fingerprint density at radius 1 is 1.38 bits per heavy atom. The molecular weight excluding hydrogens is 196 g/mol. The molecule has 0 heterocycles. The van der Waals surface area contributed by atoms with Crippen LogP contribution in [0.1, 0.15) is 41.0 Å². The van der Waals surface area contributed by atoms with Gasteiger partial charge in [-0.2, -0.15) is 0 Å². The molecule has 0 amide bonds. The van der Waals surface area contributed by atoms with Crippen molar-refractivity contribution in [2.24, 2.45) is 11.3 Å². The predicted molar refractivity (Wildman–Crippen MR) is 72.3 cm³/mol. The summed E-state index contributed by atoms with van der Waals surface area (Å²) in [5, 5.41) is 10.0. The normalized spacial score (nSPS) is 17.5. The van der Waals surface area contributed by atoms with E-state index in [2.05, 4.69) is 33.4 Å². The van der Waals surface area contributed by atoms with Crippen molar-refractivity contribution in [1.29, 1.82) is 0 Å². The van der Waals surface area contributed by atoms with Crippen LogP contribution in [-0.4, -0.2) is 11.2 Å². The van der Waals surface area contributed by atoms with E-state index in [1.54, 1.807) is 6.08 Å². The minimum absolute atomic E-state index is 0.174. The Kier molecular flexibility index (Phi) is 6.35. The zero-order chi connectivity index (χ0) is 12.8. The van der Waals surface area contributed by atoms with Crippen LogP contribution in [0.25, 0.3) is 0 Å². The van der Waals surface area contributed by atoms with Crippen LogP contribution in [0.5, 0.6) is 0 Å². The van der Waals surface area contributed by atoms with E-state index in [9.17, 15) is 5.11 Å². The Labute approximate surface area is 101 Å². The van der Waals surface area contributed by atoms with Gasteiger partial charge >= 0.3 is 0 Å². The molecule has 0 saturated heterocycles. The van der Waals surface area contributed by atoms with Crippen molar-refractivity contribution in [2.75, 3.05) is 0 Å². The first-order chi connectivity index (χ1) is 7.26. The van der Waals surface area contributed by atoms with Gasteiger partial charge in [-0.25, -0.2) is 0 Å². The number of rotatable bonds is 5. The number of hydrogen-bond acceptors (Lipinski definition) is 1. The minimum atomic E-state index is -0.271. The third-order valence-corrected chi connectivity index (χ3v) is 2.47. The highest BCUT2D eigenvalue weighted by Crippen LogP contribution is 2.24. The molecule has 0 bridgehead atoms. The first-order valence-electron chi connectivity index (χ1n) is 5.92. The molecule has 0 aliphatic heterocycles. The number of hydrogen-bond donors (Lipinski definition) is 1. The van der Waals surface area contributed by atoms with Crippen LogP contribution in [0.15, 0.2) is 36.5 Å². The van der Waals surface area contributed by atoms with Crippen LogP contribution in [-0.2, 0) is 0 Å². The average Bonchev–Trinajstić information content (AvgIpc) is 2.11. The summed E-state index contributed by atoms with van der Waals surface area (Å²) in [5.74, 6) is 0.187. The monoisotopic (exact) mass is 222 g/mol. The molecule has 0 aromatic rings. The Morgan fingerprint density at radius 2 is 1.94 bits per heavy atom. The van der Waals surface area contributed by atoms with Crippen molar-refractivity contribution >= 4 is 0 Å². The summed E-state index contributed by atoms with van der Waals surface area (Å²) in [7, 11) is 0. The second-order valence-corrected chi connectivity index (χ2v) is 5.70. The molecule has 0 aliphatic rings. The van der Waals surface area contributed by atoms with E-state index in [4.69, 9.17) is 0 Å². The van der Waals surface area contributed by atoms with E-state index in [1.807, 2.05) is 26.0 Å². The van der Waals surface area contributed by atoms with E-state index in [0.717, 1.165) is 12.0 Å². The second-order valence-electron chi connectivity index (χ2n) is 5.70. The number of allylic oxidation sites excluding steroid dienone is 4. The molecule has 0 spiro atoms. The molecule has 0 rings (SSSR count). The standard InChI is InChI=1S/C15H26O/c1-7-8-12(2)9-10-13(3)14(16)11-15(4,5)6/h7-10,13-14,16H,1,11H2,2-6H3/b10-9-,12-8-. The molecule has 0 saturated carbocycles. The molecule has 1 nitrogen and oxygen atoms in total. The molecule has 0 aromatic carbocycles. The van der Waals surface area contributed by atoms with Gasteiger partial charge in [-0.1, -0.05) is 64.2 Å². The summed E-state index contributed by atoms with van der Waals surface area (Å²) in [4.78, 5) is 0. The van der Waals surface area contributed by atoms with Crippen LogP contribution < -0.4 is 0 Å². The van der Waals surface area contributed by atoms with E-state index >= 15 is 0 Å². The largest absolute Gasteiger partial charge is 0.393 e. The molecule has 16 heavy (non-hydrogen) atoms. The maximum atomic E-state index is 10.0. The van der Waals surface area contributed by atoms with Crippen molar-refractivity contribution in [3.05, 3.63) is 36.5 Å². The summed E-state index contributed by atoms with van der Waals surface area (Å²) in [6.45, 7) is 14.2. The van der Waals surface area contributed by atoms with Crippen molar-refractivity contribution in [2.45, 2.75) is 47.1 Å². The fourth-order valence-corrected chi connectivity index (χ4v) is 1.49. The van der Waals surface area contributed by atoms with E-state index in [-0.39, 0.29) is 17.4 Å². The predicted octanol–water partition coefficient (Wildman–Crippen LogP) is 4.11. The number of aliphatic hydroxyl groups is 1. The SMILES string of the molecule is C=C/C=C(C)\C=C/C(C)C(O)CC(C)(C)C. The fourth-order valence-electron chi connectivity index (χ4n) is 1.49. The second kappa shape index (κ2) is 6.70. The quantitative estimate of drug-likeness (QED) is 0.694. The summed E-state index contributed by atoms with van der Waals surface area (Å²) in [6, 6.07) is 0. The molecule has 0 radical (unpaired) electrons. The topological polar surface area (TPSA) is 20.2 Å². The minimum Gasteiger partial charge on any atom is -0.393 e. The molecular formula is C15H26O. The third kappa shape index (κ3) is 7.47. The molecule has 2 unspecified atom stereocenters. The Bertz CT molecular complexity index is 266. The summed E-state index contributed by atoms with van der Waals surface area (Å²) < 4.78 is 0. The fraction of sp³-hybridized carbons (Fsp3) is 0.600. The lowest BCUT2D eigenvalue weighted by atomic mass is 9.85. The zero-order valence-corrected chi connectivity index (χ0v) is 11.3. The third-order valence-electron chi connectivity index (χ3n) is 2.47. The average molecular weight is 222 g/mol. The zero-order valence-electron chi connectivity index (χ0n) is 11.3. The molecule has 1 heteroatoms. The lowest BCUT2D eigenvalue weighted by molar-refractivity contribution is 0.0904. The summed E-state index contributed by atoms with van der Waals surface area (Å²) in [5.41, 5.74) is 1.33. The first kappa shape index (κ1) is 15.2. The highest BCUT2D eigenvalue weighted by Gasteiger charge is 2.19. The van der Waals surface area contributed by atoms with Gasteiger partial charge in [-0.05, 0) is 18.8 Å². The van der Waals surface area contributed by atoms with Crippen LogP contribution in [0, 0.1) is 11.3 Å². The van der Waals surface area contributed by atoms with Crippen molar-refractivity contribution in [3.8, 4) is 0 Å². The van der Waals surface area contributed by atoms with E-state index in [1.165, 1.54) is 0 Å². The Balaban J connectivity index is 4.30. The van der Waals surface area contributed by atoms with Gasteiger partial charge in [0, 0.05) is 5.92 Å². The van der Waals surface area contributed by atoms with Crippen LogP contribution >= 0.6 is 0 Å². The van der Waals surface area contributed by atoms with Gasteiger partial charge in [0.05, 0.1) is 6.10 Å². The van der Waals surface area contributed by atoms with E-state index in [0.29, 0.717) is 0 Å². The van der Waals surface area contributed by atoms with Gasteiger partial charge in [0.1, 0.15) is 0 Å². The molecule has 1 N–H and O–H groups in total. The molecule has 92 valence electrons. The van der Waals surface area contributed by atoms with Crippen molar-refractivity contribution in [3.63, 3.8) is 0 Å². The number of aliphatic hydroxyl groups excluding tert-OH is 1.